The van der Waals surface area contributed by atoms with Crippen molar-refractivity contribution in [3.8, 4) is 0 Å². The standard InChI is InChI=1S/C9H14/c1-5-4-7-8(3)6(2)9(5,7)8/h5-7H,4H2,1-3H3. The van der Waals surface area contributed by atoms with Crippen LogP contribution in [-0.4, -0.2) is 0 Å². The number of fused-ring (bicyclic) bond motifs is 1. The van der Waals surface area contributed by atoms with Crippen LogP contribution in [0.4, 0.5) is 0 Å². The molecule has 3 aliphatic rings. The van der Waals surface area contributed by atoms with Gasteiger partial charge >= 0.3 is 0 Å². The van der Waals surface area contributed by atoms with Crippen LogP contribution in [0.1, 0.15) is 27.2 Å². The fourth-order valence-corrected chi connectivity index (χ4v) is 4.37. The van der Waals surface area contributed by atoms with Gasteiger partial charge in [0.25, 0.3) is 0 Å². The van der Waals surface area contributed by atoms with Gasteiger partial charge in [0.1, 0.15) is 0 Å². The van der Waals surface area contributed by atoms with Gasteiger partial charge in [0.05, 0.1) is 0 Å². The maximum absolute atomic E-state index is 2.49. The first-order chi connectivity index (χ1) is 4.16. The predicted molar refractivity (Wildman–Crippen MR) is 37.0 cm³/mol. The average molecular weight is 122 g/mol. The topological polar surface area (TPSA) is 0 Å². The van der Waals surface area contributed by atoms with Gasteiger partial charge in [0, 0.05) is 0 Å². The van der Waals surface area contributed by atoms with Crippen molar-refractivity contribution in [1.82, 2.24) is 0 Å². The molecule has 5 atom stereocenters. The lowest BCUT2D eigenvalue weighted by Crippen LogP contribution is -2.27. The van der Waals surface area contributed by atoms with E-state index in [9.17, 15) is 0 Å². The van der Waals surface area contributed by atoms with E-state index < -0.39 is 0 Å². The molecule has 3 saturated carbocycles. The van der Waals surface area contributed by atoms with E-state index >= 15 is 0 Å². The molecule has 0 aromatic heterocycles. The summed E-state index contributed by atoms with van der Waals surface area (Å²) in [5, 5.41) is 0. The molecule has 0 heteroatoms. The van der Waals surface area contributed by atoms with Crippen LogP contribution in [-0.2, 0) is 0 Å². The molecule has 3 fully saturated rings. The Morgan fingerprint density at radius 2 is 2.00 bits per heavy atom. The summed E-state index contributed by atoms with van der Waals surface area (Å²) in [6.07, 6.45) is 1.54. The van der Waals surface area contributed by atoms with Crippen molar-refractivity contribution in [3.05, 3.63) is 0 Å². The van der Waals surface area contributed by atoms with Crippen LogP contribution in [0.2, 0.25) is 0 Å². The Balaban J connectivity index is 2.04. The Hall–Kier alpha value is 0. The van der Waals surface area contributed by atoms with Crippen LogP contribution in [0.3, 0.4) is 0 Å². The normalized spacial score (nSPS) is 82.3. The minimum absolute atomic E-state index is 0.854. The van der Waals surface area contributed by atoms with Crippen molar-refractivity contribution in [1.29, 1.82) is 0 Å². The molecule has 3 aliphatic carbocycles. The zero-order valence-electron chi connectivity index (χ0n) is 6.44. The van der Waals surface area contributed by atoms with Crippen LogP contribution in [0, 0.1) is 28.6 Å². The van der Waals surface area contributed by atoms with Gasteiger partial charge in [-0.05, 0) is 35.0 Å². The van der Waals surface area contributed by atoms with Crippen LogP contribution in [0.15, 0.2) is 0 Å². The van der Waals surface area contributed by atoms with Crippen molar-refractivity contribution in [2.24, 2.45) is 28.6 Å². The lowest BCUT2D eigenvalue weighted by molar-refractivity contribution is 0.144. The third-order valence-electron chi connectivity index (χ3n) is 5.09. The highest BCUT2D eigenvalue weighted by Crippen LogP contribution is 3.02. The Morgan fingerprint density at radius 3 is 2.11 bits per heavy atom. The van der Waals surface area contributed by atoms with Crippen molar-refractivity contribution in [2.45, 2.75) is 27.2 Å². The molecule has 0 N–H and O–H groups in total. The van der Waals surface area contributed by atoms with Gasteiger partial charge in [-0.1, -0.05) is 20.8 Å². The minimum Gasteiger partial charge on any atom is -0.0619 e. The van der Waals surface area contributed by atoms with Crippen LogP contribution >= 0.6 is 0 Å². The second-order valence-electron chi connectivity index (χ2n) is 4.63. The Morgan fingerprint density at radius 1 is 1.33 bits per heavy atom. The fraction of sp³-hybridized carbons (Fsp3) is 1.00. The first-order valence-corrected chi connectivity index (χ1v) is 4.16. The summed E-state index contributed by atoms with van der Waals surface area (Å²) in [5.41, 5.74) is 1.76. The summed E-state index contributed by atoms with van der Waals surface area (Å²) in [6.45, 7) is 7.36. The van der Waals surface area contributed by atoms with Gasteiger partial charge in [-0.15, -0.1) is 0 Å². The molecule has 0 saturated heterocycles. The maximum Gasteiger partial charge on any atom is -0.0147 e. The molecule has 0 radical (unpaired) electrons. The van der Waals surface area contributed by atoms with Crippen LogP contribution in [0.25, 0.3) is 0 Å². The van der Waals surface area contributed by atoms with E-state index in [1.807, 2.05) is 0 Å². The highest BCUT2D eigenvalue weighted by atomic mass is 15.0. The quantitative estimate of drug-likeness (QED) is 0.462. The molecule has 0 bridgehead atoms. The molecule has 3 rings (SSSR count). The third kappa shape index (κ3) is 0.189. The number of hydrogen-bond acceptors (Lipinski definition) is 0. The van der Waals surface area contributed by atoms with Gasteiger partial charge in [-0.25, -0.2) is 0 Å². The molecule has 0 aliphatic heterocycles. The Kier molecular flexibility index (Phi) is 0.428. The van der Waals surface area contributed by atoms with Crippen molar-refractivity contribution in [2.75, 3.05) is 0 Å². The first kappa shape index (κ1) is 4.76. The van der Waals surface area contributed by atoms with Gasteiger partial charge in [0.15, 0.2) is 0 Å². The van der Waals surface area contributed by atoms with E-state index in [0.29, 0.717) is 0 Å². The number of hydrogen-bond donors (Lipinski definition) is 0. The zero-order valence-corrected chi connectivity index (χ0v) is 6.44. The van der Waals surface area contributed by atoms with Crippen LogP contribution in [0.5, 0.6) is 0 Å². The largest absolute Gasteiger partial charge is 0.0619 e. The second kappa shape index (κ2) is 0.810. The van der Waals surface area contributed by atoms with Gasteiger partial charge in [-0.2, -0.15) is 0 Å². The summed E-state index contributed by atoms with van der Waals surface area (Å²) >= 11 is 0. The fourth-order valence-electron chi connectivity index (χ4n) is 4.37. The highest BCUT2D eigenvalue weighted by Gasteiger charge is 2.98. The Bertz CT molecular complexity index is 177. The highest BCUT2D eigenvalue weighted by molar-refractivity contribution is 5.45. The summed E-state index contributed by atoms with van der Waals surface area (Å²) in [5.74, 6) is 3.33. The van der Waals surface area contributed by atoms with Crippen molar-refractivity contribution in [3.63, 3.8) is 0 Å². The van der Waals surface area contributed by atoms with Crippen molar-refractivity contribution < 1.29 is 0 Å². The molecule has 50 valence electrons. The molecule has 9 heavy (non-hydrogen) atoms. The summed E-state index contributed by atoms with van der Waals surface area (Å²) in [6, 6.07) is 0. The van der Waals surface area contributed by atoms with E-state index in [0.717, 1.165) is 22.7 Å². The molecule has 0 heterocycles. The van der Waals surface area contributed by atoms with Crippen LogP contribution < -0.4 is 0 Å². The minimum atomic E-state index is 0.854. The number of rotatable bonds is 0. The summed E-state index contributed by atoms with van der Waals surface area (Å²) in [4.78, 5) is 0. The average Bonchev–Trinajstić information content (AvgIpc) is 2.48. The molecule has 5 unspecified atom stereocenters. The molecule has 0 nitrogen and oxygen atoms in total. The molecule has 0 aromatic carbocycles. The molecular weight excluding hydrogens is 108 g/mol. The predicted octanol–water partition coefficient (Wildman–Crippen LogP) is 2.30. The van der Waals surface area contributed by atoms with E-state index in [-0.39, 0.29) is 0 Å². The molecule has 0 amide bonds. The van der Waals surface area contributed by atoms with Crippen molar-refractivity contribution >= 4 is 0 Å². The van der Waals surface area contributed by atoms with E-state index in [1.54, 1.807) is 6.42 Å². The Labute approximate surface area is 56.6 Å². The zero-order chi connectivity index (χ0) is 6.44. The van der Waals surface area contributed by atoms with Gasteiger partial charge in [0.2, 0.25) is 0 Å². The van der Waals surface area contributed by atoms with E-state index in [1.165, 1.54) is 5.92 Å². The lowest BCUT2D eigenvalue weighted by Gasteiger charge is -2.34. The monoisotopic (exact) mass is 122 g/mol. The summed E-state index contributed by atoms with van der Waals surface area (Å²) in [7, 11) is 0. The van der Waals surface area contributed by atoms with E-state index in [2.05, 4.69) is 20.8 Å². The molecule has 1 spiro atoms. The van der Waals surface area contributed by atoms with E-state index in [4.69, 9.17) is 0 Å². The molecular formula is C9H14. The van der Waals surface area contributed by atoms with Gasteiger partial charge in [-0.3, -0.25) is 0 Å². The molecule has 0 aromatic rings. The van der Waals surface area contributed by atoms with Gasteiger partial charge < -0.3 is 0 Å². The SMILES string of the molecule is CC1CC2C3(C)C(C)C123. The smallest absolute Gasteiger partial charge is 0.0147 e. The first-order valence-electron chi connectivity index (χ1n) is 4.16. The maximum atomic E-state index is 2.49. The third-order valence-corrected chi connectivity index (χ3v) is 5.09. The summed E-state index contributed by atoms with van der Waals surface area (Å²) < 4.78 is 0. The second-order valence-corrected chi connectivity index (χ2v) is 4.63. The lowest BCUT2D eigenvalue weighted by atomic mass is 9.71.